The number of rotatable bonds is 5. The predicted octanol–water partition coefficient (Wildman–Crippen LogP) is 3.69. The van der Waals surface area contributed by atoms with Crippen molar-refractivity contribution in [2.45, 2.75) is 51.2 Å². The zero-order valence-electron chi connectivity index (χ0n) is 14.7. The standard InChI is InChI=1S/C18H24F3N3O2/c1-13(25)24(16-9-5-6-14(12-16)18(19,20)21)11-10-22-17(26)23-15-7-3-2-4-8-15/h5-6,9,12,15H,2-4,7-8,10-11H2,1H3,(H2,22,23,26). The lowest BCUT2D eigenvalue weighted by Gasteiger charge is -2.24. The van der Waals surface area contributed by atoms with Gasteiger partial charge in [-0.2, -0.15) is 13.2 Å². The summed E-state index contributed by atoms with van der Waals surface area (Å²) in [6.07, 6.45) is 0.812. The molecule has 1 fully saturated rings. The Balaban J connectivity index is 1.90. The van der Waals surface area contributed by atoms with Crippen LogP contribution < -0.4 is 15.5 Å². The van der Waals surface area contributed by atoms with Gasteiger partial charge in [-0.3, -0.25) is 4.79 Å². The molecule has 1 aliphatic carbocycles. The number of hydrogen-bond acceptors (Lipinski definition) is 2. The van der Waals surface area contributed by atoms with Crippen molar-refractivity contribution in [1.29, 1.82) is 0 Å². The molecule has 5 nitrogen and oxygen atoms in total. The Hall–Kier alpha value is -2.25. The molecule has 1 aliphatic rings. The molecule has 0 atom stereocenters. The lowest BCUT2D eigenvalue weighted by atomic mass is 9.96. The zero-order valence-corrected chi connectivity index (χ0v) is 14.7. The van der Waals surface area contributed by atoms with E-state index in [1.54, 1.807) is 0 Å². The molecule has 0 aliphatic heterocycles. The lowest BCUT2D eigenvalue weighted by molar-refractivity contribution is -0.137. The van der Waals surface area contributed by atoms with Gasteiger partial charge in [0.05, 0.1) is 5.56 Å². The molecule has 0 spiro atoms. The van der Waals surface area contributed by atoms with Crippen molar-refractivity contribution in [1.82, 2.24) is 10.6 Å². The van der Waals surface area contributed by atoms with Gasteiger partial charge in [-0.25, -0.2) is 4.79 Å². The molecule has 0 radical (unpaired) electrons. The second-order valence-corrected chi connectivity index (χ2v) is 6.45. The van der Waals surface area contributed by atoms with Crippen LogP contribution in [0, 0.1) is 0 Å². The SMILES string of the molecule is CC(=O)N(CCNC(=O)NC1CCCCC1)c1cccc(C(F)(F)F)c1. The fourth-order valence-electron chi connectivity index (χ4n) is 3.08. The number of alkyl halides is 3. The minimum atomic E-state index is -4.48. The van der Waals surface area contributed by atoms with E-state index in [1.807, 2.05) is 0 Å². The Kier molecular flexibility index (Phi) is 6.88. The van der Waals surface area contributed by atoms with E-state index in [-0.39, 0.29) is 36.8 Å². The van der Waals surface area contributed by atoms with Gasteiger partial charge in [0.15, 0.2) is 0 Å². The van der Waals surface area contributed by atoms with E-state index in [0.29, 0.717) is 0 Å². The number of carbonyl (C=O) groups excluding carboxylic acids is 2. The van der Waals surface area contributed by atoms with Crippen LogP contribution in [-0.4, -0.2) is 31.1 Å². The van der Waals surface area contributed by atoms with E-state index >= 15 is 0 Å². The monoisotopic (exact) mass is 371 g/mol. The van der Waals surface area contributed by atoms with Crippen molar-refractivity contribution < 1.29 is 22.8 Å². The fourth-order valence-corrected chi connectivity index (χ4v) is 3.08. The number of urea groups is 1. The van der Waals surface area contributed by atoms with Gasteiger partial charge in [-0.15, -0.1) is 0 Å². The van der Waals surface area contributed by atoms with Crippen LogP contribution in [0.4, 0.5) is 23.7 Å². The van der Waals surface area contributed by atoms with Crippen LogP contribution in [0.2, 0.25) is 0 Å². The normalized spacial score (nSPS) is 15.4. The molecule has 0 aromatic heterocycles. The highest BCUT2D eigenvalue weighted by Crippen LogP contribution is 2.31. The highest BCUT2D eigenvalue weighted by Gasteiger charge is 2.31. The molecule has 0 bridgehead atoms. The van der Waals surface area contributed by atoms with Gasteiger partial charge >= 0.3 is 12.2 Å². The Bertz CT molecular complexity index is 628. The Morgan fingerprint density at radius 1 is 1.19 bits per heavy atom. The predicted molar refractivity (Wildman–Crippen MR) is 92.9 cm³/mol. The van der Waals surface area contributed by atoms with E-state index in [4.69, 9.17) is 0 Å². The molecule has 26 heavy (non-hydrogen) atoms. The second kappa shape index (κ2) is 8.91. The Labute approximate surface area is 150 Å². The van der Waals surface area contributed by atoms with Gasteiger partial charge in [0.1, 0.15) is 0 Å². The van der Waals surface area contributed by atoms with E-state index in [2.05, 4.69) is 10.6 Å². The number of nitrogens with one attached hydrogen (secondary N) is 2. The van der Waals surface area contributed by atoms with Crippen molar-refractivity contribution in [3.8, 4) is 0 Å². The summed E-state index contributed by atoms with van der Waals surface area (Å²) in [5, 5.41) is 5.55. The molecule has 0 unspecified atom stereocenters. The maximum Gasteiger partial charge on any atom is 0.416 e. The zero-order chi connectivity index (χ0) is 19.2. The molecule has 1 aromatic rings. The molecular formula is C18H24F3N3O2. The summed E-state index contributed by atoms with van der Waals surface area (Å²) in [6, 6.07) is 4.44. The van der Waals surface area contributed by atoms with Crippen molar-refractivity contribution in [3.63, 3.8) is 0 Å². The van der Waals surface area contributed by atoms with Crippen LogP contribution in [0.15, 0.2) is 24.3 Å². The highest BCUT2D eigenvalue weighted by atomic mass is 19.4. The number of nitrogens with zero attached hydrogens (tertiary/aromatic N) is 1. The first-order chi connectivity index (χ1) is 12.3. The first-order valence-electron chi connectivity index (χ1n) is 8.77. The third-order valence-electron chi connectivity index (χ3n) is 4.43. The lowest BCUT2D eigenvalue weighted by Crippen LogP contribution is -2.45. The molecular weight excluding hydrogens is 347 g/mol. The summed E-state index contributed by atoms with van der Waals surface area (Å²) in [4.78, 5) is 24.9. The second-order valence-electron chi connectivity index (χ2n) is 6.45. The van der Waals surface area contributed by atoms with Gasteiger partial charge in [-0.1, -0.05) is 25.3 Å². The van der Waals surface area contributed by atoms with Crippen LogP contribution in [0.3, 0.4) is 0 Å². The van der Waals surface area contributed by atoms with Crippen LogP contribution in [0.5, 0.6) is 0 Å². The summed E-state index contributed by atoms with van der Waals surface area (Å²) in [5.41, 5.74) is -0.661. The smallest absolute Gasteiger partial charge is 0.336 e. The Morgan fingerprint density at radius 3 is 2.50 bits per heavy atom. The molecule has 1 saturated carbocycles. The molecule has 2 rings (SSSR count). The number of carbonyl (C=O) groups is 2. The topological polar surface area (TPSA) is 61.4 Å². The number of halogens is 3. The number of hydrogen-bond donors (Lipinski definition) is 2. The van der Waals surface area contributed by atoms with Crippen molar-refractivity contribution in [2.75, 3.05) is 18.0 Å². The minimum absolute atomic E-state index is 0.0920. The van der Waals surface area contributed by atoms with E-state index < -0.39 is 11.7 Å². The third kappa shape index (κ3) is 5.93. The quantitative estimate of drug-likeness (QED) is 0.829. The van der Waals surface area contributed by atoms with Gasteiger partial charge in [-0.05, 0) is 31.0 Å². The summed E-state index contributed by atoms with van der Waals surface area (Å²) in [5.74, 6) is -0.390. The van der Waals surface area contributed by atoms with E-state index in [9.17, 15) is 22.8 Å². The van der Waals surface area contributed by atoms with Gasteiger partial charge in [0.25, 0.3) is 0 Å². The highest BCUT2D eigenvalue weighted by molar-refractivity contribution is 5.91. The molecule has 3 amide bonds. The number of anilines is 1. The molecule has 2 N–H and O–H groups in total. The fraction of sp³-hybridized carbons (Fsp3) is 0.556. The third-order valence-corrected chi connectivity index (χ3v) is 4.43. The first kappa shape index (κ1) is 20.1. The maximum absolute atomic E-state index is 12.8. The van der Waals surface area contributed by atoms with Crippen molar-refractivity contribution in [2.24, 2.45) is 0 Å². The first-order valence-corrected chi connectivity index (χ1v) is 8.77. The average molecular weight is 371 g/mol. The minimum Gasteiger partial charge on any atom is -0.336 e. The van der Waals surface area contributed by atoms with E-state index in [0.717, 1.165) is 37.8 Å². The average Bonchev–Trinajstić information content (AvgIpc) is 2.58. The summed E-state index contributed by atoms with van der Waals surface area (Å²) < 4.78 is 38.5. The molecule has 0 saturated heterocycles. The summed E-state index contributed by atoms with van der Waals surface area (Å²) in [7, 11) is 0. The number of amides is 3. The van der Waals surface area contributed by atoms with Crippen LogP contribution >= 0.6 is 0 Å². The van der Waals surface area contributed by atoms with Gasteiger partial charge in [0.2, 0.25) is 5.91 Å². The van der Waals surface area contributed by atoms with Crippen LogP contribution in [0.25, 0.3) is 0 Å². The van der Waals surface area contributed by atoms with Crippen LogP contribution in [-0.2, 0) is 11.0 Å². The Morgan fingerprint density at radius 2 is 1.88 bits per heavy atom. The van der Waals surface area contributed by atoms with E-state index in [1.165, 1.54) is 30.4 Å². The van der Waals surface area contributed by atoms with Gasteiger partial charge in [0, 0.05) is 31.7 Å². The maximum atomic E-state index is 12.8. The van der Waals surface area contributed by atoms with Gasteiger partial charge < -0.3 is 15.5 Å². The molecule has 1 aromatic carbocycles. The van der Waals surface area contributed by atoms with Crippen molar-refractivity contribution >= 4 is 17.6 Å². The summed E-state index contributed by atoms with van der Waals surface area (Å²) in [6.45, 7) is 1.52. The number of benzene rings is 1. The van der Waals surface area contributed by atoms with Crippen molar-refractivity contribution in [3.05, 3.63) is 29.8 Å². The summed E-state index contributed by atoms with van der Waals surface area (Å²) >= 11 is 0. The molecule has 8 heteroatoms. The molecule has 0 heterocycles. The largest absolute Gasteiger partial charge is 0.416 e. The van der Waals surface area contributed by atoms with Crippen LogP contribution in [0.1, 0.15) is 44.6 Å². The molecule has 144 valence electrons.